The number of aryl methyl sites for hydroxylation is 3. The Hall–Kier alpha value is -2.93. The number of benzene rings is 1. The number of nitrogens with zero attached hydrogens (tertiary/aromatic N) is 4. The number of aromatic nitrogens is 3. The van der Waals surface area contributed by atoms with Gasteiger partial charge in [-0.05, 0) is 50.3 Å². The summed E-state index contributed by atoms with van der Waals surface area (Å²) in [5.41, 5.74) is 5.26. The van der Waals surface area contributed by atoms with Crippen LogP contribution in [0.2, 0.25) is 0 Å². The molecule has 3 aromatic rings. The first-order valence-corrected chi connectivity index (χ1v) is 11.3. The Morgan fingerprint density at radius 3 is 2.75 bits per heavy atom. The first-order valence-electron chi connectivity index (χ1n) is 11.3. The zero-order valence-corrected chi connectivity index (χ0v) is 19.7. The molecule has 1 saturated heterocycles. The first-order chi connectivity index (χ1) is 15.4. The highest BCUT2D eigenvalue weighted by Gasteiger charge is 2.28. The number of carbonyl (C=O) groups excluding carboxylic acids is 1. The van der Waals surface area contributed by atoms with Crippen LogP contribution in [0.4, 0.5) is 0 Å². The molecule has 7 nitrogen and oxygen atoms in total. The lowest BCUT2D eigenvalue weighted by Gasteiger charge is -2.24. The SMILES string of the molecule is COc1nn(C)c2nc(C)c(CCC(=O)NC3CCN(C(C)c4ccccc4)C3)c(C)c12. The quantitative estimate of drug-likeness (QED) is 0.615. The molecule has 1 aromatic carbocycles. The number of ether oxygens (including phenoxy) is 1. The summed E-state index contributed by atoms with van der Waals surface area (Å²) in [5.74, 6) is 0.679. The predicted molar refractivity (Wildman–Crippen MR) is 126 cm³/mol. The molecule has 2 aromatic heterocycles. The largest absolute Gasteiger partial charge is 0.479 e. The van der Waals surface area contributed by atoms with Gasteiger partial charge >= 0.3 is 0 Å². The van der Waals surface area contributed by atoms with Crippen molar-refractivity contribution in [2.75, 3.05) is 20.2 Å². The standard InChI is InChI=1S/C25H33N5O2/c1-16-21(17(2)26-24-23(16)25(32-5)28-29(24)4)11-12-22(31)27-20-13-14-30(15-20)18(3)19-9-7-6-8-10-19/h6-10,18,20H,11-15H2,1-5H3,(H,27,31). The van der Waals surface area contributed by atoms with Crippen molar-refractivity contribution in [2.45, 2.75) is 52.1 Å². The molecule has 0 radical (unpaired) electrons. The number of likely N-dealkylation sites (tertiary alicyclic amines) is 1. The second kappa shape index (κ2) is 9.28. The molecule has 0 aliphatic carbocycles. The maximum absolute atomic E-state index is 12.7. The molecule has 7 heteroatoms. The Morgan fingerprint density at radius 1 is 1.28 bits per heavy atom. The summed E-state index contributed by atoms with van der Waals surface area (Å²) >= 11 is 0. The van der Waals surface area contributed by atoms with E-state index in [9.17, 15) is 4.79 Å². The lowest BCUT2D eigenvalue weighted by atomic mass is 10.00. The Labute approximate surface area is 189 Å². The fourth-order valence-electron chi connectivity index (χ4n) is 4.84. The van der Waals surface area contributed by atoms with Crippen molar-refractivity contribution in [3.8, 4) is 5.88 Å². The van der Waals surface area contributed by atoms with E-state index in [4.69, 9.17) is 9.72 Å². The summed E-state index contributed by atoms with van der Waals surface area (Å²) in [7, 11) is 3.49. The Balaban J connectivity index is 1.37. The third-order valence-corrected chi connectivity index (χ3v) is 6.73. The Bertz CT molecular complexity index is 1110. The molecule has 2 unspecified atom stereocenters. The summed E-state index contributed by atoms with van der Waals surface area (Å²) < 4.78 is 7.19. The number of fused-ring (bicyclic) bond motifs is 1. The molecule has 3 heterocycles. The van der Waals surface area contributed by atoms with E-state index >= 15 is 0 Å². The fraction of sp³-hybridized carbons (Fsp3) is 0.480. The van der Waals surface area contributed by atoms with Gasteiger partial charge in [-0.25, -0.2) is 9.67 Å². The average Bonchev–Trinajstić information content (AvgIpc) is 3.38. The van der Waals surface area contributed by atoms with E-state index in [0.717, 1.165) is 47.4 Å². The second-order valence-corrected chi connectivity index (χ2v) is 8.77. The number of pyridine rings is 1. The van der Waals surface area contributed by atoms with Crippen LogP contribution in [0.25, 0.3) is 11.0 Å². The van der Waals surface area contributed by atoms with Gasteiger partial charge < -0.3 is 10.1 Å². The topological polar surface area (TPSA) is 72.3 Å². The van der Waals surface area contributed by atoms with Crippen LogP contribution in [0.15, 0.2) is 30.3 Å². The zero-order valence-electron chi connectivity index (χ0n) is 19.7. The van der Waals surface area contributed by atoms with Crippen LogP contribution in [0.1, 0.15) is 48.2 Å². The minimum Gasteiger partial charge on any atom is -0.479 e. The van der Waals surface area contributed by atoms with Crippen LogP contribution < -0.4 is 10.1 Å². The third kappa shape index (κ3) is 4.35. The molecule has 1 fully saturated rings. The molecule has 0 bridgehead atoms. The summed E-state index contributed by atoms with van der Waals surface area (Å²) in [6, 6.07) is 11.1. The van der Waals surface area contributed by atoms with Gasteiger partial charge in [0, 0.05) is 44.3 Å². The number of amides is 1. The number of nitrogens with one attached hydrogen (secondary N) is 1. The molecule has 1 aliphatic rings. The molecular formula is C25H33N5O2. The highest BCUT2D eigenvalue weighted by molar-refractivity contribution is 5.86. The number of methoxy groups -OCH3 is 1. The monoisotopic (exact) mass is 435 g/mol. The molecule has 170 valence electrons. The van der Waals surface area contributed by atoms with E-state index in [2.05, 4.69) is 53.4 Å². The van der Waals surface area contributed by atoms with Gasteiger partial charge in [-0.3, -0.25) is 9.69 Å². The maximum Gasteiger partial charge on any atom is 0.242 e. The molecule has 0 spiro atoms. The summed E-state index contributed by atoms with van der Waals surface area (Å²) in [5, 5.41) is 8.58. The van der Waals surface area contributed by atoms with Crippen molar-refractivity contribution in [2.24, 2.45) is 7.05 Å². The number of rotatable bonds is 7. The molecular weight excluding hydrogens is 402 g/mol. The lowest BCUT2D eigenvalue weighted by molar-refractivity contribution is -0.121. The van der Waals surface area contributed by atoms with Crippen molar-refractivity contribution < 1.29 is 9.53 Å². The van der Waals surface area contributed by atoms with E-state index in [-0.39, 0.29) is 11.9 Å². The van der Waals surface area contributed by atoms with Crippen molar-refractivity contribution in [3.63, 3.8) is 0 Å². The van der Waals surface area contributed by atoms with Gasteiger partial charge in [0.15, 0.2) is 5.65 Å². The van der Waals surface area contributed by atoms with Gasteiger partial charge in [0.2, 0.25) is 11.8 Å². The minimum atomic E-state index is 0.0984. The number of hydrogen-bond acceptors (Lipinski definition) is 5. The third-order valence-electron chi connectivity index (χ3n) is 6.73. The van der Waals surface area contributed by atoms with Gasteiger partial charge in [0.05, 0.1) is 12.5 Å². The Morgan fingerprint density at radius 2 is 2.03 bits per heavy atom. The van der Waals surface area contributed by atoms with Crippen LogP contribution in [0.5, 0.6) is 5.88 Å². The zero-order chi connectivity index (χ0) is 22.8. The predicted octanol–water partition coefficient (Wildman–Crippen LogP) is 3.48. The Kier molecular flexibility index (Phi) is 6.46. The van der Waals surface area contributed by atoms with Crippen LogP contribution >= 0.6 is 0 Å². The van der Waals surface area contributed by atoms with Gasteiger partial charge in [-0.2, -0.15) is 0 Å². The number of carbonyl (C=O) groups is 1. The molecule has 1 N–H and O–H groups in total. The highest BCUT2D eigenvalue weighted by Crippen LogP contribution is 2.30. The van der Waals surface area contributed by atoms with Crippen LogP contribution in [-0.2, 0) is 18.3 Å². The maximum atomic E-state index is 12.7. The number of hydrogen-bond donors (Lipinski definition) is 1. The minimum absolute atomic E-state index is 0.0984. The smallest absolute Gasteiger partial charge is 0.242 e. The van der Waals surface area contributed by atoms with Crippen molar-refractivity contribution in [3.05, 3.63) is 52.7 Å². The molecule has 4 rings (SSSR count). The van der Waals surface area contributed by atoms with Crippen molar-refractivity contribution >= 4 is 16.9 Å². The van der Waals surface area contributed by atoms with E-state index < -0.39 is 0 Å². The van der Waals surface area contributed by atoms with Crippen molar-refractivity contribution in [1.29, 1.82) is 0 Å². The average molecular weight is 436 g/mol. The summed E-state index contributed by atoms with van der Waals surface area (Å²) in [4.78, 5) is 19.9. The lowest BCUT2D eigenvalue weighted by Crippen LogP contribution is -2.37. The molecule has 1 amide bonds. The summed E-state index contributed by atoms with van der Waals surface area (Å²) in [6.45, 7) is 8.19. The molecule has 1 aliphatic heterocycles. The normalized spacial score (nSPS) is 17.6. The first kappa shape index (κ1) is 22.3. The van der Waals surface area contributed by atoms with Gasteiger partial charge in [-0.15, -0.1) is 5.10 Å². The van der Waals surface area contributed by atoms with E-state index in [1.54, 1.807) is 11.8 Å². The molecule has 0 saturated carbocycles. The van der Waals surface area contributed by atoms with Crippen molar-refractivity contribution in [1.82, 2.24) is 25.0 Å². The highest BCUT2D eigenvalue weighted by atomic mass is 16.5. The van der Waals surface area contributed by atoms with E-state index in [1.807, 2.05) is 20.0 Å². The summed E-state index contributed by atoms with van der Waals surface area (Å²) in [6.07, 6.45) is 2.09. The van der Waals surface area contributed by atoms with Crippen LogP contribution in [0.3, 0.4) is 0 Å². The second-order valence-electron chi connectivity index (χ2n) is 8.77. The van der Waals surface area contributed by atoms with E-state index in [1.165, 1.54) is 5.56 Å². The molecule has 32 heavy (non-hydrogen) atoms. The van der Waals surface area contributed by atoms with Gasteiger partial charge in [-0.1, -0.05) is 30.3 Å². The fourth-order valence-corrected chi connectivity index (χ4v) is 4.84. The molecule has 2 atom stereocenters. The van der Waals surface area contributed by atoms with Gasteiger partial charge in [0.1, 0.15) is 0 Å². The van der Waals surface area contributed by atoms with E-state index in [0.29, 0.717) is 24.8 Å². The van der Waals surface area contributed by atoms with Gasteiger partial charge in [0.25, 0.3) is 0 Å². The van der Waals surface area contributed by atoms with Crippen LogP contribution in [0, 0.1) is 13.8 Å². The van der Waals surface area contributed by atoms with Crippen LogP contribution in [-0.4, -0.2) is 51.8 Å².